The SMILES string of the molecule is O=C1c2cccc(-n3c4ccc(-c5ccncc5)cc4c4cc(-c5ccncc5)ccc43)c2C(=O)N1c1c(-c2ccccc2)cccc1-c1ccccc1. The molecule has 0 saturated carbocycles. The van der Waals surface area contributed by atoms with Gasteiger partial charge in [0.2, 0.25) is 0 Å². The van der Waals surface area contributed by atoms with Gasteiger partial charge < -0.3 is 4.57 Å². The molecule has 3 aromatic heterocycles. The Hall–Kier alpha value is -7.44. The van der Waals surface area contributed by atoms with Crippen molar-refractivity contribution in [1.29, 1.82) is 0 Å². The fourth-order valence-corrected chi connectivity index (χ4v) is 7.87. The van der Waals surface area contributed by atoms with Crippen molar-refractivity contribution < 1.29 is 9.59 Å². The Kier molecular flexibility index (Phi) is 7.34. The van der Waals surface area contributed by atoms with Crippen LogP contribution in [0.15, 0.2) is 183 Å². The van der Waals surface area contributed by atoms with Crippen LogP contribution in [0.2, 0.25) is 0 Å². The minimum absolute atomic E-state index is 0.349. The Morgan fingerprint density at radius 2 is 0.870 bits per heavy atom. The first-order valence-corrected chi connectivity index (χ1v) is 17.8. The normalized spacial score (nSPS) is 12.5. The Balaban J connectivity index is 1.20. The van der Waals surface area contributed by atoms with E-state index in [0.717, 1.165) is 66.3 Å². The van der Waals surface area contributed by atoms with Crippen LogP contribution < -0.4 is 4.90 Å². The third-order valence-electron chi connectivity index (χ3n) is 10.4. The van der Waals surface area contributed by atoms with Crippen LogP contribution in [0.3, 0.4) is 0 Å². The third kappa shape index (κ3) is 4.96. The first-order valence-electron chi connectivity index (χ1n) is 17.8. The van der Waals surface area contributed by atoms with E-state index in [2.05, 4.69) is 50.9 Å². The maximum atomic E-state index is 15.1. The molecule has 2 amide bonds. The molecule has 0 radical (unpaired) electrons. The van der Waals surface area contributed by atoms with E-state index < -0.39 is 0 Å². The van der Waals surface area contributed by atoms with E-state index in [1.165, 1.54) is 4.90 Å². The van der Waals surface area contributed by atoms with Gasteiger partial charge in [-0.3, -0.25) is 19.6 Å². The molecule has 4 heterocycles. The molecule has 0 saturated heterocycles. The fourth-order valence-electron chi connectivity index (χ4n) is 7.87. The number of anilines is 1. The molecule has 0 spiro atoms. The number of para-hydroxylation sites is 1. The number of rotatable bonds is 6. The summed E-state index contributed by atoms with van der Waals surface area (Å²) in [5.41, 5.74) is 11.5. The van der Waals surface area contributed by atoms with E-state index in [9.17, 15) is 4.79 Å². The van der Waals surface area contributed by atoms with Gasteiger partial charge in [0.25, 0.3) is 11.8 Å². The van der Waals surface area contributed by atoms with E-state index in [1.54, 1.807) is 30.9 Å². The van der Waals surface area contributed by atoms with Gasteiger partial charge in [-0.2, -0.15) is 0 Å². The first kappa shape index (κ1) is 31.3. The summed E-state index contributed by atoms with van der Waals surface area (Å²) in [7, 11) is 0. The zero-order chi connectivity index (χ0) is 36.2. The summed E-state index contributed by atoms with van der Waals surface area (Å²) in [4.78, 5) is 39.7. The Morgan fingerprint density at radius 3 is 1.39 bits per heavy atom. The van der Waals surface area contributed by atoms with E-state index >= 15 is 4.79 Å². The summed E-state index contributed by atoms with van der Waals surface area (Å²) in [6.45, 7) is 0. The molecule has 6 aromatic carbocycles. The van der Waals surface area contributed by atoms with Crippen molar-refractivity contribution >= 4 is 39.3 Å². The summed E-state index contributed by atoms with van der Waals surface area (Å²) < 4.78 is 2.13. The molecule has 10 rings (SSSR count). The van der Waals surface area contributed by atoms with Gasteiger partial charge in [0.1, 0.15) is 0 Å². The van der Waals surface area contributed by atoms with Gasteiger partial charge in [0.15, 0.2) is 0 Å². The van der Waals surface area contributed by atoms with Crippen LogP contribution in [0.25, 0.3) is 72.0 Å². The zero-order valence-corrected chi connectivity index (χ0v) is 28.9. The summed E-state index contributed by atoms with van der Waals surface area (Å²) in [5.74, 6) is -0.707. The Morgan fingerprint density at radius 1 is 0.389 bits per heavy atom. The molecule has 0 bridgehead atoms. The standard InChI is InChI=1S/C48H30N4O2/c53-47-39-15-8-16-44(45(39)48(54)52(47)46-37(33-9-3-1-4-10-33)13-7-14-38(46)34-11-5-2-6-12-34)51-42-19-17-35(31-21-25-49-26-22-31)29-40(42)41-30-36(18-20-43(41)51)32-23-27-50-28-24-32/h1-30H. The largest absolute Gasteiger partial charge is 0.308 e. The molecule has 0 fully saturated rings. The minimum Gasteiger partial charge on any atom is -0.308 e. The third-order valence-corrected chi connectivity index (χ3v) is 10.4. The van der Waals surface area contributed by atoms with Crippen molar-refractivity contribution in [3.63, 3.8) is 0 Å². The molecule has 54 heavy (non-hydrogen) atoms. The second kappa shape index (κ2) is 12.7. The number of aromatic nitrogens is 3. The van der Waals surface area contributed by atoms with E-state index in [4.69, 9.17) is 0 Å². The first-order chi connectivity index (χ1) is 26.7. The van der Waals surface area contributed by atoms with Crippen LogP contribution in [0.1, 0.15) is 20.7 Å². The van der Waals surface area contributed by atoms with Crippen molar-refractivity contribution in [3.8, 4) is 50.2 Å². The van der Waals surface area contributed by atoms with Gasteiger partial charge in [-0.1, -0.05) is 97.1 Å². The van der Waals surface area contributed by atoms with Crippen LogP contribution in [0, 0.1) is 0 Å². The van der Waals surface area contributed by atoms with Crippen molar-refractivity contribution in [1.82, 2.24) is 14.5 Å². The lowest BCUT2D eigenvalue weighted by Crippen LogP contribution is -2.30. The number of fused-ring (bicyclic) bond motifs is 4. The monoisotopic (exact) mass is 694 g/mol. The predicted octanol–water partition coefficient (Wildman–Crippen LogP) is 11.0. The van der Waals surface area contributed by atoms with Crippen molar-refractivity contribution in [3.05, 3.63) is 194 Å². The molecule has 1 aliphatic heterocycles. The number of carbonyl (C=O) groups is 2. The van der Waals surface area contributed by atoms with Crippen molar-refractivity contribution in [2.45, 2.75) is 0 Å². The van der Waals surface area contributed by atoms with Crippen LogP contribution in [0.5, 0.6) is 0 Å². The van der Waals surface area contributed by atoms with Gasteiger partial charge in [-0.25, -0.2) is 4.90 Å². The number of hydrogen-bond donors (Lipinski definition) is 0. The molecule has 1 aliphatic rings. The van der Waals surface area contributed by atoms with Crippen LogP contribution in [-0.2, 0) is 0 Å². The van der Waals surface area contributed by atoms with Gasteiger partial charge in [0, 0.05) is 46.7 Å². The smallest absolute Gasteiger partial charge is 0.268 e. The minimum atomic E-state index is -0.358. The van der Waals surface area contributed by atoms with Crippen LogP contribution in [-0.4, -0.2) is 26.3 Å². The molecule has 0 aliphatic carbocycles. The lowest BCUT2D eigenvalue weighted by Gasteiger charge is -2.23. The lowest BCUT2D eigenvalue weighted by atomic mass is 9.95. The number of imide groups is 1. The number of pyridine rings is 2. The highest BCUT2D eigenvalue weighted by atomic mass is 16.2. The number of carbonyl (C=O) groups excluding carboxylic acids is 2. The maximum absolute atomic E-state index is 15.1. The molecule has 0 unspecified atom stereocenters. The Bertz CT molecular complexity index is 2750. The highest BCUT2D eigenvalue weighted by Crippen LogP contribution is 2.45. The highest BCUT2D eigenvalue weighted by Gasteiger charge is 2.41. The molecule has 6 nitrogen and oxygen atoms in total. The second-order valence-electron chi connectivity index (χ2n) is 13.4. The van der Waals surface area contributed by atoms with E-state index in [-0.39, 0.29) is 11.8 Å². The second-order valence-corrected chi connectivity index (χ2v) is 13.4. The highest BCUT2D eigenvalue weighted by molar-refractivity contribution is 6.37. The van der Waals surface area contributed by atoms with Gasteiger partial charge >= 0.3 is 0 Å². The van der Waals surface area contributed by atoms with E-state index in [1.807, 2.05) is 115 Å². The molecular formula is C48H30N4O2. The predicted molar refractivity (Wildman–Crippen MR) is 216 cm³/mol. The molecule has 6 heteroatoms. The lowest BCUT2D eigenvalue weighted by molar-refractivity contribution is 0.0926. The number of amides is 2. The average molecular weight is 695 g/mol. The summed E-state index contributed by atoms with van der Waals surface area (Å²) >= 11 is 0. The number of benzene rings is 6. The van der Waals surface area contributed by atoms with Crippen molar-refractivity contribution in [2.75, 3.05) is 4.90 Å². The van der Waals surface area contributed by atoms with E-state index in [0.29, 0.717) is 22.5 Å². The molecular weight excluding hydrogens is 665 g/mol. The zero-order valence-electron chi connectivity index (χ0n) is 28.9. The Labute approximate surface area is 311 Å². The topological polar surface area (TPSA) is 68.1 Å². The molecule has 0 N–H and O–H groups in total. The fraction of sp³-hybridized carbons (Fsp3) is 0. The maximum Gasteiger partial charge on any atom is 0.268 e. The summed E-state index contributed by atoms with van der Waals surface area (Å²) in [6.07, 6.45) is 7.19. The van der Waals surface area contributed by atoms with Gasteiger partial charge in [-0.15, -0.1) is 0 Å². The summed E-state index contributed by atoms with van der Waals surface area (Å²) in [5, 5.41) is 2.06. The van der Waals surface area contributed by atoms with Crippen molar-refractivity contribution in [2.24, 2.45) is 0 Å². The quantitative estimate of drug-likeness (QED) is 0.163. The van der Waals surface area contributed by atoms with Gasteiger partial charge in [0.05, 0.1) is 33.5 Å². The number of hydrogen-bond acceptors (Lipinski definition) is 4. The molecule has 0 atom stereocenters. The summed E-state index contributed by atoms with van der Waals surface area (Å²) in [6, 6.07) is 52.2. The average Bonchev–Trinajstić information content (AvgIpc) is 3.71. The van der Waals surface area contributed by atoms with Crippen LogP contribution in [0.4, 0.5) is 5.69 Å². The van der Waals surface area contributed by atoms with Gasteiger partial charge in [-0.05, 0) is 94.0 Å². The molecule has 254 valence electrons. The molecule has 9 aromatic rings. The van der Waals surface area contributed by atoms with Crippen LogP contribution >= 0.6 is 0 Å². The number of nitrogens with zero attached hydrogens (tertiary/aromatic N) is 4.